The second-order valence-electron chi connectivity index (χ2n) is 10.0. The lowest BCUT2D eigenvalue weighted by Gasteiger charge is -2.30. The van der Waals surface area contributed by atoms with Gasteiger partial charge >= 0.3 is 0 Å². The van der Waals surface area contributed by atoms with E-state index in [1.807, 2.05) is 78.9 Å². The van der Waals surface area contributed by atoms with Crippen molar-refractivity contribution in [3.8, 4) is 17.2 Å². The largest absolute Gasteiger partial charge is 0.497 e. The van der Waals surface area contributed by atoms with Gasteiger partial charge in [-0.15, -0.1) is 10.2 Å². The Hall–Kier alpha value is -5.11. The van der Waals surface area contributed by atoms with Crippen molar-refractivity contribution in [1.82, 2.24) is 10.2 Å². The number of rotatable bonds is 7. The van der Waals surface area contributed by atoms with E-state index in [0.29, 0.717) is 17.8 Å². The fraction of sp³-hybridized carbons (Fsp3) is 0.152. The van der Waals surface area contributed by atoms with Crippen LogP contribution in [-0.2, 0) is 17.8 Å². The number of amides is 1. The maximum absolute atomic E-state index is 14.5. The molecule has 1 unspecified atom stereocenters. The van der Waals surface area contributed by atoms with Crippen LogP contribution < -0.4 is 9.64 Å². The maximum atomic E-state index is 14.5. The first-order valence-electron chi connectivity index (χ1n) is 13.2. The van der Waals surface area contributed by atoms with Gasteiger partial charge < -0.3 is 14.1 Å². The van der Waals surface area contributed by atoms with Crippen LogP contribution in [0.1, 0.15) is 29.5 Å². The molecule has 4 aromatic carbocycles. The Balaban J connectivity index is 1.44. The topological polar surface area (TPSA) is 80.8 Å². The number of benzodiazepines with no additional fused rings is 1. The van der Waals surface area contributed by atoms with Crippen LogP contribution in [0, 0.1) is 5.82 Å². The molecule has 0 saturated heterocycles. The van der Waals surface area contributed by atoms with Gasteiger partial charge in [0.2, 0.25) is 11.8 Å². The SMILES string of the molecule is COc1ccc(CN2C(=O)C(C)(Cc3nnc(-c4ccc(F)cc4)o3)N=C(c3ccccc3)c3ccccc32)cc1. The highest BCUT2D eigenvalue weighted by Gasteiger charge is 2.42. The number of carbonyl (C=O) groups excluding carboxylic acids is 1. The highest BCUT2D eigenvalue weighted by molar-refractivity contribution is 6.20. The van der Waals surface area contributed by atoms with Gasteiger partial charge in [-0.1, -0.05) is 60.7 Å². The van der Waals surface area contributed by atoms with E-state index in [2.05, 4.69) is 10.2 Å². The molecule has 0 bridgehead atoms. The molecule has 2 heterocycles. The minimum Gasteiger partial charge on any atom is -0.497 e. The highest BCUT2D eigenvalue weighted by Crippen LogP contribution is 2.35. The number of aliphatic imine (C=N–C) groups is 1. The maximum Gasteiger partial charge on any atom is 0.255 e. The van der Waals surface area contributed by atoms with E-state index in [-0.39, 0.29) is 29.9 Å². The Morgan fingerprint density at radius 3 is 2.29 bits per heavy atom. The quantitative estimate of drug-likeness (QED) is 0.240. The predicted molar refractivity (Wildman–Crippen MR) is 155 cm³/mol. The van der Waals surface area contributed by atoms with Crippen molar-refractivity contribution < 1.29 is 18.3 Å². The highest BCUT2D eigenvalue weighted by atomic mass is 19.1. The van der Waals surface area contributed by atoms with E-state index in [1.54, 1.807) is 31.1 Å². The molecule has 0 saturated carbocycles. The van der Waals surface area contributed by atoms with Gasteiger partial charge in [-0.2, -0.15) is 0 Å². The minimum atomic E-state index is -1.27. The number of halogens is 1. The van der Waals surface area contributed by atoms with Gasteiger partial charge in [0.25, 0.3) is 5.91 Å². The van der Waals surface area contributed by atoms with E-state index < -0.39 is 5.54 Å². The van der Waals surface area contributed by atoms with Crippen LogP contribution in [0.3, 0.4) is 0 Å². The Morgan fingerprint density at radius 1 is 0.854 bits per heavy atom. The normalized spacial score (nSPS) is 16.6. The van der Waals surface area contributed by atoms with Gasteiger partial charge in [0, 0.05) is 16.7 Å². The number of hydrogen-bond donors (Lipinski definition) is 0. The number of para-hydroxylation sites is 1. The number of fused-ring (bicyclic) bond motifs is 1. The number of methoxy groups -OCH3 is 1. The number of carbonyl (C=O) groups is 1. The summed E-state index contributed by atoms with van der Waals surface area (Å²) < 4.78 is 24.7. The molecule has 0 spiro atoms. The number of anilines is 1. The van der Waals surface area contributed by atoms with Crippen molar-refractivity contribution in [1.29, 1.82) is 0 Å². The Bertz CT molecular complexity index is 1720. The molecule has 41 heavy (non-hydrogen) atoms. The van der Waals surface area contributed by atoms with E-state index in [1.165, 1.54) is 12.1 Å². The van der Waals surface area contributed by atoms with E-state index in [4.69, 9.17) is 14.1 Å². The van der Waals surface area contributed by atoms with Gasteiger partial charge in [-0.3, -0.25) is 9.79 Å². The second kappa shape index (κ2) is 10.8. The van der Waals surface area contributed by atoms with Crippen molar-refractivity contribution in [2.75, 3.05) is 12.0 Å². The summed E-state index contributed by atoms with van der Waals surface area (Å²) in [4.78, 5) is 21.4. The Kier molecular flexibility index (Phi) is 6.89. The first kappa shape index (κ1) is 26.1. The number of benzene rings is 4. The van der Waals surface area contributed by atoms with E-state index in [0.717, 1.165) is 28.1 Å². The van der Waals surface area contributed by atoms with Gasteiger partial charge in [-0.05, 0) is 55.0 Å². The summed E-state index contributed by atoms with van der Waals surface area (Å²) in [5.74, 6) is 0.684. The smallest absolute Gasteiger partial charge is 0.255 e. The average Bonchev–Trinajstić information content (AvgIpc) is 3.44. The van der Waals surface area contributed by atoms with Crippen LogP contribution >= 0.6 is 0 Å². The first-order valence-corrected chi connectivity index (χ1v) is 13.2. The fourth-order valence-corrected chi connectivity index (χ4v) is 4.99. The van der Waals surface area contributed by atoms with Crippen LogP contribution in [0.15, 0.2) is 113 Å². The average molecular weight is 547 g/mol. The van der Waals surface area contributed by atoms with Crippen LogP contribution in [0.5, 0.6) is 5.75 Å². The molecular formula is C33H27FN4O3. The molecule has 5 aromatic rings. The molecule has 0 radical (unpaired) electrons. The van der Waals surface area contributed by atoms with E-state index >= 15 is 0 Å². The summed E-state index contributed by atoms with van der Waals surface area (Å²) in [6.45, 7) is 2.13. The third-order valence-electron chi connectivity index (χ3n) is 7.11. The van der Waals surface area contributed by atoms with Crippen molar-refractivity contribution in [3.05, 3.63) is 132 Å². The Labute approximate surface area is 237 Å². The van der Waals surface area contributed by atoms with Crippen LogP contribution in [0.4, 0.5) is 10.1 Å². The predicted octanol–water partition coefficient (Wildman–Crippen LogP) is 6.27. The fourth-order valence-electron chi connectivity index (χ4n) is 4.99. The molecule has 6 rings (SSSR count). The lowest BCUT2D eigenvalue weighted by atomic mass is 9.95. The summed E-state index contributed by atoms with van der Waals surface area (Å²) in [5.41, 5.74) is 3.46. The third-order valence-corrected chi connectivity index (χ3v) is 7.11. The molecule has 0 fully saturated rings. The molecule has 0 aliphatic carbocycles. The number of hydrogen-bond acceptors (Lipinski definition) is 6. The summed E-state index contributed by atoms with van der Waals surface area (Å²) in [6.07, 6.45) is 0.0729. The molecule has 204 valence electrons. The van der Waals surface area contributed by atoms with Crippen molar-refractivity contribution in [2.45, 2.75) is 25.4 Å². The number of ether oxygens (including phenoxy) is 1. The van der Waals surface area contributed by atoms with Gasteiger partial charge in [-0.25, -0.2) is 4.39 Å². The molecule has 7 nitrogen and oxygen atoms in total. The minimum absolute atomic E-state index is 0.0729. The zero-order chi connectivity index (χ0) is 28.4. The number of nitrogens with zero attached hydrogens (tertiary/aromatic N) is 4. The van der Waals surface area contributed by atoms with Crippen LogP contribution in [0.25, 0.3) is 11.5 Å². The van der Waals surface area contributed by atoms with E-state index in [9.17, 15) is 9.18 Å². The Morgan fingerprint density at radius 2 is 1.56 bits per heavy atom. The monoisotopic (exact) mass is 546 g/mol. The molecule has 1 aromatic heterocycles. The first-order chi connectivity index (χ1) is 19.9. The second-order valence-corrected chi connectivity index (χ2v) is 10.0. The number of aromatic nitrogens is 2. The van der Waals surface area contributed by atoms with Crippen molar-refractivity contribution in [3.63, 3.8) is 0 Å². The molecule has 1 amide bonds. The zero-order valence-corrected chi connectivity index (χ0v) is 22.6. The zero-order valence-electron chi connectivity index (χ0n) is 22.6. The van der Waals surface area contributed by atoms with Crippen molar-refractivity contribution in [2.24, 2.45) is 4.99 Å². The van der Waals surface area contributed by atoms with Crippen LogP contribution in [-0.4, -0.2) is 34.5 Å². The molecule has 1 aliphatic heterocycles. The molecule has 0 N–H and O–H groups in total. The summed E-state index contributed by atoms with van der Waals surface area (Å²) in [7, 11) is 1.62. The molecular weight excluding hydrogens is 519 g/mol. The van der Waals surface area contributed by atoms with Crippen molar-refractivity contribution >= 4 is 17.3 Å². The molecule has 8 heteroatoms. The molecule has 1 atom stereocenters. The van der Waals surface area contributed by atoms with Crippen LogP contribution in [0.2, 0.25) is 0 Å². The molecule has 1 aliphatic rings. The summed E-state index contributed by atoms with van der Waals surface area (Å²) in [6, 6.07) is 31.1. The standard InChI is InChI=1S/C33H27FN4O3/c1-33(20-29-36-37-31(41-29)24-14-16-25(34)17-15-24)32(39)38(21-22-12-18-26(40-2)19-13-22)28-11-7-6-10-27(28)30(35-33)23-8-4-3-5-9-23/h3-19H,20-21H2,1-2H3. The van der Waals surface area contributed by atoms with Gasteiger partial charge in [0.15, 0.2) is 0 Å². The third kappa shape index (κ3) is 5.24. The lowest BCUT2D eigenvalue weighted by molar-refractivity contribution is -0.123. The lowest BCUT2D eigenvalue weighted by Crippen LogP contribution is -2.47. The van der Waals surface area contributed by atoms with Gasteiger partial charge in [0.05, 0.1) is 31.5 Å². The summed E-state index contributed by atoms with van der Waals surface area (Å²) >= 11 is 0. The van der Waals surface area contributed by atoms with Gasteiger partial charge in [0.1, 0.15) is 17.1 Å². The summed E-state index contributed by atoms with van der Waals surface area (Å²) in [5, 5.41) is 8.39.